The van der Waals surface area contributed by atoms with Crippen LogP contribution in [0.15, 0.2) is 84.9 Å². The SMILES string of the molecule is CC(C)(C)C(=N)c1ccccc1P(c1ccccc1)c1ccccc1. The van der Waals surface area contributed by atoms with Gasteiger partial charge < -0.3 is 5.41 Å². The molecular weight excluding hydrogens is 321 g/mol. The number of rotatable bonds is 4. The summed E-state index contributed by atoms with van der Waals surface area (Å²) in [6, 6.07) is 29.8. The van der Waals surface area contributed by atoms with E-state index in [0.29, 0.717) is 5.71 Å². The van der Waals surface area contributed by atoms with E-state index in [0.717, 1.165) is 5.56 Å². The second kappa shape index (κ2) is 7.33. The highest BCUT2D eigenvalue weighted by Gasteiger charge is 2.25. The Bertz CT molecular complexity index is 809. The van der Waals surface area contributed by atoms with E-state index in [1.165, 1.54) is 15.9 Å². The molecule has 0 aliphatic rings. The van der Waals surface area contributed by atoms with Crippen molar-refractivity contribution in [3.8, 4) is 0 Å². The molecule has 0 saturated heterocycles. The van der Waals surface area contributed by atoms with Gasteiger partial charge >= 0.3 is 0 Å². The van der Waals surface area contributed by atoms with Crippen molar-refractivity contribution >= 4 is 29.5 Å². The monoisotopic (exact) mass is 345 g/mol. The predicted octanol–water partition coefficient (Wildman–Crippen LogP) is 4.86. The van der Waals surface area contributed by atoms with E-state index in [9.17, 15) is 0 Å². The second-order valence-electron chi connectivity index (χ2n) is 7.15. The summed E-state index contributed by atoms with van der Waals surface area (Å²) in [5.74, 6) is 0. The zero-order valence-electron chi connectivity index (χ0n) is 15.0. The summed E-state index contributed by atoms with van der Waals surface area (Å²) in [4.78, 5) is 0. The first-order chi connectivity index (χ1) is 12.0. The van der Waals surface area contributed by atoms with E-state index in [1.807, 2.05) is 6.07 Å². The van der Waals surface area contributed by atoms with Crippen LogP contribution >= 0.6 is 7.92 Å². The molecule has 1 nitrogen and oxygen atoms in total. The molecule has 3 aromatic rings. The molecule has 0 spiro atoms. The molecule has 0 atom stereocenters. The van der Waals surface area contributed by atoms with Crippen molar-refractivity contribution in [1.82, 2.24) is 0 Å². The van der Waals surface area contributed by atoms with Gasteiger partial charge in [0.05, 0.1) is 0 Å². The Morgan fingerprint density at radius 3 is 1.60 bits per heavy atom. The normalized spacial score (nSPS) is 11.5. The van der Waals surface area contributed by atoms with Gasteiger partial charge in [-0.2, -0.15) is 0 Å². The molecule has 25 heavy (non-hydrogen) atoms. The minimum atomic E-state index is -0.687. The molecule has 0 aromatic heterocycles. The van der Waals surface area contributed by atoms with Crippen LogP contribution in [0.5, 0.6) is 0 Å². The van der Waals surface area contributed by atoms with Gasteiger partial charge in [0.15, 0.2) is 0 Å². The zero-order valence-corrected chi connectivity index (χ0v) is 15.9. The Morgan fingerprint density at radius 2 is 1.12 bits per heavy atom. The fourth-order valence-corrected chi connectivity index (χ4v) is 5.32. The number of hydrogen-bond acceptors (Lipinski definition) is 1. The predicted molar refractivity (Wildman–Crippen MR) is 111 cm³/mol. The fourth-order valence-electron chi connectivity index (χ4n) is 2.87. The number of hydrogen-bond donors (Lipinski definition) is 1. The average molecular weight is 345 g/mol. The van der Waals surface area contributed by atoms with Gasteiger partial charge in [-0.15, -0.1) is 0 Å². The van der Waals surface area contributed by atoms with Gasteiger partial charge in [0.2, 0.25) is 0 Å². The van der Waals surface area contributed by atoms with Gasteiger partial charge in [-0.25, -0.2) is 0 Å². The van der Waals surface area contributed by atoms with Crippen LogP contribution in [-0.2, 0) is 0 Å². The molecule has 0 saturated carbocycles. The fraction of sp³-hybridized carbons (Fsp3) is 0.174. The summed E-state index contributed by atoms with van der Waals surface area (Å²) in [7, 11) is -0.687. The molecule has 0 aliphatic heterocycles. The third-order valence-corrected chi connectivity index (χ3v) is 6.69. The Kier molecular flexibility index (Phi) is 5.16. The minimum absolute atomic E-state index is 0.176. The zero-order chi connectivity index (χ0) is 17.9. The minimum Gasteiger partial charge on any atom is -0.304 e. The molecule has 0 fully saturated rings. The van der Waals surface area contributed by atoms with Crippen LogP contribution in [0.3, 0.4) is 0 Å². The summed E-state index contributed by atoms with van der Waals surface area (Å²) in [6.07, 6.45) is 0. The molecule has 3 aromatic carbocycles. The van der Waals surface area contributed by atoms with Gasteiger partial charge in [-0.1, -0.05) is 106 Å². The van der Waals surface area contributed by atoms with Gasteiger partial charge in [-0.05, 0) is 23.8 Å². The van der Waals surface area contributed by atoms with Crippen LogP contribution in [0.2, 0.25) is 0 Å². The summed E-state index contributed by atoms with van der Waals surface area (Å²) in [5, 5.41) is 12.6. The van der Waals surface area contributed by atoms with E-state index in [1.54, 1.807) is 0 Å². The van der Waals surface area contributed by atoms with E-state index >= 15 is 0 Å². The van der Waals surface area contributed by atoms with Crippen molar-refractivity contribution in [2.24, 2.45) is 5.41 Å². The van der Waals surface area contributed by atoms with Crippen LogP contribution in [0.4, 0.5) is 0 Å². The van der Waals surface area contributed by atoms with Crippen molar-refractivity contribution < 1.29 is 0 Å². The Morgan fingerprint density at radius 1 is 0.680 bits per heavy atom. The molecule has 0 bridgehead atoms. The van der Waals surface area contributed by atoms with E-state index in [-0.39, 0.29) is 5.41 Å². The van der Waals surface area contributed by atoms with Crippen LogP contribution in [0.25, 0.3) is 0 Å². The lowest BCUT2D eigenvalue weighted by atomic mass is 9.86. The molecule has 0 aliphatic carbocycles. The third-order valence-electron chi connectivity index (χ3n) is 4.19. The van der Waals surface area contributed by atoms with E-state index < -0.39 is 7.92 Å². The molecule has 0 radical (unpaired) electrons. The molecule has 2 heteroatoms. The van der Waals surface area contributed by atoms with Crippen molar-refractivity contribution in [2.75, 3.05) is 0 Å². The molecule has 0 unspecified atom stereocenters. The van der Waals surface area contributed by atoms with Crippen molar-refractivity contribution in [3.63, 3.8) is 0 Å². The Balaban J connectivity index is 2.21. The van der Waals surface area contributed by atoms with Gasteiger partial charge in [0.25, 0.3) is 0 Å². The van der Waals surface area contributed by atoms with Crippen LogP contribution < -0.4 is 15.9 Å². The van der Waals surface area contributed by atoms with Crippen LogP contribution in [-0.4, -0.2) is 5.71 Å². The van der Waals surface area contributed by atoms with E-state index in [2.05, 4.69) is 99.6 Å². The van der Waals surface area contributed by atoms with Gasteiger partial charge in [0.1, 0.15) is 0 Å². The lowest BCUT2D eigenvalue weighted by molar-refractivity contribution is 0.589. The third kappa shape index (κ3) is 3.89. The second-order valence-corrected chi connectivity index (χ2v) is 9.33. The lowest BCUT2D eigenvalue weighted by Crippen LogP contribution is -2.29. The maximum atomic E-state index is 8.75. The lowest BCUT2D eigenvalue weighted by Gasteiger charge is -2.26. The first kappa shape index (κ1) is 17.6. The highest BCUT2D eigenvalue weighted by atomic mass is 31.1. The molecule has 0 amide bonds. The highest BCUT2D eigenvalue weighted by molar-refractivity contribution is 7.80. The van der Waals surface area contributed by atoms with Crippen molar-refractivity contribution in [2.45, 2.75) is 20.8 Å². The van der Waals surface area contributed by atoms with Gasteiger partial charge in [-0.3, -0.25) is 0 Å². The maximum Gasteiger partial charge on any atom is 0.0446 e. The van der Waals surface area contributed by atoms with Crippen molar-refractivity contribution in [1.29, 1.82) is 5.41 Å². The van der Waals surface area contributed by atoms with Crippen molar-refractivity contribution in [3.05, 3.63) is 90.5 Å². The quantitative estimate of drug-likeness (QED) is 0.516. The standard InChI is InChI=1S/C23H24NP/c1-23(2,3)22(24)20-16-10-11-17-21(20)25(18-12-6-4-7-13-18)19-14-8-5-9-15-19/h4-17,24H,1-3H3. The molecule has 0 heterocycles. The summed E-state index contributed by atoms with van der Waals surface area (Å²) in [6.45, 7) is 6.33. The first-order valence-electron chi connectivity index (χ1n) is 8.57. The maximum absolute atomic E-state index is 8.75. The Hall–Kier alpha value is -2.24. The molecular formula is C23H24NP. The van der Waals surface area contributed by atoms with Crippen LogP contribution in [0, 0.1) is 10.8 Å². The first-order valence-corrected chi connectivity index (χ1v) is 9.91. The van der Waals surface area contributed by atoms with E-state index in [4.69, 9.17) is 5.41 Å². The molecule has 1 N–H and O–H groups in total. The topological polar surface area (TPSA) is 23.9 Å². The summed E-state index contributed by atoms with van der Waals surface area (Å²) >= 11 is 0. The number of benzene rings is 3. The smallest absolute Gasteiger partial charge is 0.0446 e. The highest BCUT2D eigenvalue weighted by Crippen LogP contribution is 2.35. The molecule has 3 rings (SSSR count). The van der Waals surface area contributed by atoms with Gasteiger partial charge in [0, 0.05) is 16.7 Å². The summed E-state index contributed by atoms with van der Waals surface area (Å²) < 4.78 is 0. The number of nitrogens with one attached hydrogen (secondary N) is 1. The Labute approximate surface area is 152 Å². The molecule has 126 valence electrons. The average Bonchev–Trinajstić information content (AvgIpc) is 2.63. The summed E-state index contributed by atoms with van der Waals surface area (Å²) in [5.41, 5.74) is 1.58. The largest absolute Gasteiger partial charge is 0.304 e. The van der Waals surface area contributed by atoms with Crippen LogP contribution in [0.1, 0.15) is 26.3 Å².